The Morgan fingerprint density at radius 2 is 1.66 bits per heavy atom. The molecule has 1 fully saturated rings. The predicted octanol–water partition coefficient (Wildman–Crippen LogP) is 4.28. The number of halogens is 1. The van der Waals surface area contributed by atoms with Gasteiger partial charge in [0.2, 0.25) is 0 Å². The molecule has 1 unspecified atom stereocenters. The number of carbonyl (C=O) groups is 2. The van der Waals surface area contributed by atoms with Crippen molar-refractivity contribution in [2.75, 3.05) is 20.8 Å². The molecule has 1 saturated heterocycles. The molecular formula is C23H24BrNO4. The topological polar surface area (TPSA) is 55.8 Å². The fourth-order valence-electron chi connectivity index (χ4n) is 3.94. The van der Waals surface area contributed by atoms with Gasteiger partial charge in [0, 0.05) is 23.6 Å². The van der Waals surface area contributed by atoms with E-state index < -0.39 is 17.4 Å². The Hall–Kier alpha value is -2.44. The second-order valence-electron chi connectivity index (χ2n) is 7.15. The number of carbonyl (C=O) groups excluding carboxylic acids is 2. The maximum atomic E-state index is 12.8. The van der Waals surface area contributed by atoms with Crippen LogP contribution in [0.5, 0.6) is 0 Å². The van der Waals surface area contributed by atoms with Gasteiger partial charge in [-0.1, -0.05) is 65.0 Å². The van der Waals surface area contributed by atoms with Crippen molar-refractivity contribution >= 4 is 27.9 Å². The summed E-state index contributed by atoms with van der Waals surface area (Å²) in [5, 5.41) is 0. The molecule has 0 spiro atoms. The van der Waals surface area contributed by atoms with Crippen LogP contribution < -0.4 is 0 Å². The van der Waals surface area contributed by atoms with E-state index in [0.29, 0.717) is 18.7 Å². The summed E-state index contributed by atoms with van der Waals surface area (Å²) in [5.74, 6) is -1.26. The summed E-state index contributed by atoms with van der Waals surface area (Å²) in [6, 6.07) is 17.8. The molecule has 2 aromatic carbocycles. The number of hydrogen-bond acceptors (Lipinski definition) is 5. The van der Waals surface area contributed by atoms with Crippen LogP contribution in [0.15, 0.2) is 71.2 Å². The van der Waals surface area contributed by atoms with Crippen LogP contribution in [0.2, 0.25) is 0 Å². The van der Waals surface area contributed by atoms with Gasteiger partial charge in [-0.25, -0.2) is 0 Å². The highest BCUT2D eigenvalue weighted by molar-refractivity contribution is 9.10. The molecule has 29 heavy (non-hydrogen) atoms. The lowest BCUT2D eigenvalue weighted by atomic mass is 9.70. The third-order valence-electron chi connectivity index (χ3n) is 5.49. The average Bonchev–Trinajstić information content (AvgIpc) is 2.74. The number of benzene rings is 2. The van der Waals surface area contributed by atoms with Crippen molar-refractivity contribution in [2.24, 2.45) is 5.41 Å². The molecule has 0 radical (unpaired) electrons. The van der Waals surface area contributed by atoms with Crippen LogP contribution in [0.1, 0.15) is 23.6 Å². The number of nitrogens with zero attached hydrogens (tertiary/aromatic N) is 1. The summed E-state index contributed by atoms with van der Waals surface area (Å²) in [7, 11) is 2.57. The first-order chi connectivity index (χ1) is 13.9. The van der Waals surface area contributed by atoms with Gasteiger partial charge in [0.25, 0.3) is 0 Å². The minimum atomic E-state index is -1.52. The highest BCUT2D eigenvalue weighted by atomic mass is 79.9. The van der Waals surface area contributed by atoms with Gasteiger partial charge in [-0.15, -0.1) is 0 Å². The first-order valence-corrected chi connectivity index (χ1v) is 10.1. The number of ether oxygens (including phenoxy) is 2. The summed E-state index contributed by atoms with van der Waals surface area (Å²) in [5.41, 5.74) is 1.12. The Labute approximate surface area is 179 Å². The van der Waals surface area contributed by atoms with E-state index in [1.165, 1.54) is 14.2 Å². The minimum Gasteiger partial charge on any atom is -0.468 e. The molecule has 6 heteroatoms. The van der Waals surface area contributed by atoms with E-state index in [1.54, 1.807) is 0 Å². The lowest BCUT2D eigenvalue weighted by Gasteiger charge is -2.45. The summed E-state index contributed by atoms with van der Waals surface area (Å²) < 4.78 is 11.0. The SMILES string of the molecule is C=C1CN(Cc2ccccc2)C(c2ccc(Br)cc2)CC1(C(=O)OC)C(=O)OC. The minimum absolute atomic E-state index is 0.188. The second kappa shape index (κ2) is 8.93. The average molecular weight is 458 g/mol. The van der Waals surface area contributed by atoms with Gasteiger partial charge in [0.05, 0.1) is 14.2 Å². The van der Waals surface area contributed by atoms with Crippen LogP contribution in [0.3, 0.4) is 0 Å². The van der Waals surface area contributed by atoms with E-state index in [-0.39, 0.29) is 12.5 Å². The monoisotopic (exact) mass is 457 g/mol. The summed E-state index contributed by atoms with van der Waals surface area (Å²) in [4.78, 5) is 27.8. The molecule has 0 aliphatic carbocycles. The largest absolute Gasteiger partial charge is 0.468 e. The van der Waals surface area contributed by atoms with Gasteiger partial charge >= 0.3 is 11.9 Å². The van der Waals surface area contributed by atoms with Gasteiger partial charge in [0.1, 0.15) is 0 Å². The van der Waals surface area contributed by atoms with Crippen LogP contribution in [0.4, 0.5) is 0 Å². The fraction of sp³-hybridized carbons (Fsp3) is 0.304. The Kier molecular flexibility index (Phi) is 6.55. The number of rotatable bonds is 5. The van der Waals surface area contributed by atoms with Crippen molar-refractivity contribution in [3.05, 3.63) is 82.3 Å². The molecular weight excluding hydrogens is 434 g/mol. The molecule has 1 heterocycles. The molecule has 0 aromatic heterocycles. The second-order valence-corrected chi connectivity index (χ2v) is 8.07. The molecule has 152 valence electrons. The van der Waals surface area contributed by atoms with Crippen LogP contribution in [0.25, 0.3) is 0 Å². The third-order valence-corrected chi connectivity index (χ3v) is 6.02. The fourth-order valence-corrected chi connectivity index (χ4v) is 4.20. The Morgan fingerprint density at radius 3 is 2.21 bits per heavy atom. The molecule has 1 aliphatic rings. The van der Waals surface area contributed by atoms with Crippen molar-refractivity contribution in [1.29, 1.82) is 0 Å². The van der Waals surface area contributed by atoms with E-state index in [2.05, 4.69) is 39.5 Å². The quantitative estimate of drug-likeness (QED) is 0.380. The first kappa shape index (κ1) is 21.3. The van der Waals surface area contributed by atoms with Crippen molar-refractivity contribution in [1.82, 2.24) is 4.90 Å². The van der Waals surface area contributed by atoms with Crippen LogP contribution in [-0.2, 0) is 25.6 Å². The smallest absolute Gasteiger partial charge is 0.327 e. The van der Waals surface area contributed by atoms with Crippen molar-refractivity contribution in [3.63, 3.8) is 0 Å². The van der Waals surface area contributed by atoms with Gasteiger partial charge in [-0.05, 0) is 35.3 Å². The lowest BCUT2D eigenvalue weighted by molar-refractivity contribution is -0.169. The molecule has 0 bridgehead atoms. The van der Waals surface area contributed by atoms with Gasteiger partial charge in [-0.2, -0.15) is 0 Å². The number of piperidine rings is 1. The maximum absolute atomic E-state index is 12.8. The molecule has 0 N–H and O–H groups in total. The number of esters is 2. The normalized spacial score (nSPS) is 18.9. The van der Waals surface area contributed by atoms with Gasteiger partial charge in [0.15, 0.2) is 5.41 Å². The molecule has 1 atom stereocenters. The molecule has 0 saturated carbocycles. The van der Waals surface area contributed by atoms with E-state index in [0.717, 1.165) is 15.6 Å². The third kappa shape index (κ3) is 4.14. The maximum Gasteiger partial charge on any atom is 0.327 e. The lowest BCUT2D eigenvalue weighted by Crippen LogP contribution is -2.52. The van der Waals surface area contributed by atoms with E-state index in [1.807, 2.05) is 42.5 Å². The Morgan fingerprint density at radius 1 is 1.07 bits per heavy atom. The zero-order valence-electron chi connectivity index (χ0n) is 16.6. The Balaban J connectivity index is 2.04. The summed E-state index contributed by atoms with van der Waals surface area (Å²) >= 11 is 3.46. The van der Waals surface area contributed by atoms with Crippen LogP contribution in [0, 0.1) is 5.41 Å². The summed E-state index contributed by atoms with van der Waals surface area (Å²) in [6.45, 7) is 5.13. The molecule has 3 rings (SSSR count). The van der Waals surface area contributed by atoms with E-state index in [9.17, 15) is 9.59 Å². The highest BCUT2D eigenvalue weighted by Crippen LogP contribution is 2.46. The van der Waals surface area contributed by atoms with Crippen molar-refractivity contribution in [3.8, 4) is 0 Å². The highest BCUT2D eigenvalue weighted by Gasteiger charge is 2.55. The predicted molar refractivity (Wildman–Crippen MR) is 114 cm³/mol. The van der Waals surface area contributed by atoms with Crippen molar-refractivity contribution < 1.29 is 19.1 Å². The van der Waals surface area contributed by atoms with Gasteiger partial charge in [-0.3, -0.25) is 14.5 Å². The number of hydrogen-bond donors (Lipinski definition) is 0. The number of methoxy groups -OCH3 is 2. The number of likely N-dealkylation sites (tertiary alicyclic amines) is 1. The molecule has 2 aromatic rings. The molecule has 5 nitrogen and oxygen atoms in total. The summed E-state index contributed by atoms with van der Waals surface area (Å²) in [6.07, 6.45) is 0.208. The van der Waals surface area contributed by atoms with Crippen molar-refractivity contribution in [2.45, 2.75) is 19.0 Å². The standard InChI is InChI=1S/C23H24BrNO4/c1-16-14-25(15-17-7-5-4-6-8-17)20(18-9-11-19(24)12-10-18)13-23(16,21(26)28-2)22(27)29-3/h4-12,20H,1,13-15H2,2-3H3. The van der Waals surface area contributed by atoms with Crippen LogP contribution in [-0.4, -0.2) is 37.6 Å². The molecule has 1 aliphatic heterocycles. The zero-order valence-corrected chi connectivity index (χ0v) is 18.1. The Bertz CT molecular complexity index is 879. The van der Waals surface area contributed by atoms with E-state index >= 15 is 0 Å². The zero-order chi connectivity index (χ0) is 21.0. The first-order valence-electron chi connectivity index (χ1n) is 9.31. The van der Waals surface area contributed by atoms with Gasteiger partial charge < -0.3 is 9.47 Å². The van der Waals surface area contributed by atoms with E-state index in [4.69, 9.17) is 9.47 Å². The van der Waals surface area contributed by atoms with Crippen LogP contribution >= 0.6 is 15.9 Å². The molecule has 0 amide bonds.